The summed E-state index contributed by atoms with van der Waals surface area (Å²) >= 11 is 0. The van der Waals surface area contributed by atoms with E-state index in [-0.39, 0.29) is 5.56 Å². The van der Waals surface area contributed by atoms with Crippen molar-refractivity contribution in [2.24, 2.45) is 0 Å². The van der Waals surface area contributed by atoms with Gasteiger partial charge in [-0.2, -0.15) is 0 Å². The summed E-state index contributed by atoms with van der Waals surface area (Å²) in [7, 11) is 0. The van der Waals surface area contributed by atoms with E-state index in [0.29, 0.717) is 19.4 Å². The molecule has 0 amide bonds. The van der Waals surface area contributed by atoms with Gasteiger partial charge in [-0.3, -0.25) is 4.79 Å². The second kappa shape index (κ2) is 4.39. The first-order chi connectivity index (χ1) is 7.61. The number of piperidine rings is 1. The summed E-state index contributed by atoms with van der Waals surface area (Å²) in [6.45, 7) is 3.83. The number of aliphatic hydroxyl groups is 1. The molecule has 1 fully saturated rings. The van der Waals surface area contributed by atoms with Gasteiger partial charge in [0, 0.05) is 11.8 Å². The first-order valence-electron chi connectivity index (χ1n) is 5.70. The van der Waals surface area contributed by atoms with Crippen LogP contribution in [0.2, 0.25) is 0 Å². The molecule has 2 N–H and O–H groups in total. The van der Waals surface area contributed by atoms with Crippen molar-refractivity contribution in [3.63, 3.8) is 0 Å². The molecule has 0 aromatic carbocycles. The molecule has 2 rings (SSSR count). The third-order valence-corrected chi connectivity index (χ3v) is 3.21. The number of aromatic nitrogens is 1. The Bertz CT molecular complexity index is 419. The van der Waals surface area contributed by atoms with E-state index in [1.807, 2.05) is 6.07 Å². The van der Waals surface area contributed by atoms with Crippen LogP contribution in [0.5, 0.6) is 0 Å². The first kappa shape index (κ1) is 11.4. The maximum absolute atomic E-state index is 11.8. The normalized spacial score (nSPS) is 19.6. The van der Waals surface area contributed by atoms with Crippen LogP contribution in [0.25, 0.3) is 0 Å². The summed E-state index contributed by atoms with van der Waals surface area (Å²) < 4.78 is 1.61. The molecule has 1 aliphatic heterocycles. The van der Waals surface area contributed by atoms with Crippen LogP contribution < -0.4 is 10.9 Å². The topological polar surface area (TPSA) is 54.3 Å². The summed E-state index contributed by atoms with van der Waals surface area (Å²) in [4.78, 5) is 11.8. The molecular weight excluding hydrogens is 204 g/mol. The van der Waals surface area contributed by atoms with Crippen molar-refractivity contribution in [2.45, 2.75) is 31.9 Å². The smallest absolute Gasteiger partial charge is 0.253 e. The van der Waals surface area contributed by atoms with Gasteiger partial charge >= 0.3 is 0 Å². The van der Waals surface area contributed by atoms with Gasteiger partial charge in [0.1, 0.15) is 0 Å². The highest BCUT2D eigenvalue weighted by molar-refractivity contribution is 5.08. The standard InChI is InChI=1S/C12H18N2O2/c1-10-3-2-8-14(11(10)15)9-12(16)4-6-13-7-5-12/h2-3,8,13,16H,4-7,9H2,1H3. The van der Waals surface area contributed by atoms with Crippen LogP contribution in [0.15, 0.2) is 23.1 Å². The fraction of sp³-hybridized carbons (Fsp3) is 0.583. The van der Waals surface area contributed by atoms with Crippen LogP contribution in [0.1, 0.15) is 18.4 Å². The maximum Gasteiger partial charge on any atom is 0.253 e. The average Bonchev–Trinajstić information content (AvgIpc) is 2.26. The van der Waals surface area contributed by atoms with Gasteiger partial charge in [-0.15, -0.1) is 0 Å². The third kappa shape index (κ3) is 2.33. The van der Waals surface area contributed by atoms with Crippen LogP contribution in [-0.2, 0) is 6.54 Å². The molecule has 4 nitrogen and oxygen atoms in total. The summed E-state index contributed by atoms with van der Waals surface area (Å²) in [5.41, 5.74) is -0.0161. The van der Waals surface area contributed by atoms with E-state index in [9.17, 15) is 9.90 Å². The number of nitrogens with one attached hydrogen (secondary N) is 1. The zero-order valence-electron chi connectivity index (χ0n) is 9.57. The van der Waals surface area contributed by atoms with E-state index in [1.165, 1.54) is 0 Å². The van der Waals surface area contributed by atoms with Crippen molar-refractivity contribution in [3.05, 3.63) is 34.2 Å². The zero-order chi connectivity index (χ0) is 11.6. The van der Waals surface area contributed by atoms with Crippen molar-refractivity contribution < 1.29 is 5.11 Å². The van der Waals surface area contributed by atoms with E-state index < -0.39 is 5.60 Å². The average molecular weight is 222 g/mol. The van der Waals surface area contributed by atoms with Crippen molar-refractivity contribution in [1.29, 1.82) is 0 Å². The highest BCUT2D eigenvalue weighted by Crippen LogP contribution is 2.19. The van der Waals surface area contributed by atoms with E-state index >= 15 is 0 Å². The molecule has 0 spiro atoms. The fourth-order valence-corrected chi connectivity index (χ4v) is 2.15. The highest BCUT2D eigenvalue weighted by Gasteiger charge is 2.29. The Kier molecular flexibility index (Phi) is 3.12. The minimum Gasteiger partial charge on any atom is -0.388 e. The van der Waals surface area contributed by atoms with Gasteiger partial charge in [0.2, 0.25) is 0 Å². The molecular formula is C12H18N2O2. The lowest BCUT2D eigenvalue weighted by Gasteiger charge is -2.33. The number of rotatable bonds is 2. The molecule has 1 aromatic heterocycles. The van der Waals surface area contributed by atoms with Crippen LogP contribution in [0.3, 0.4) is 0 Å². The Morgan fingerprint density at radius 2 is 2.19 bits per heavy atom. The van der Waals surface area contributed by atoms with Gasteiger partial charge in [-0.1, -0.05) is 6.07 Å². The predicted molar refractivity (Wildman–Crippen MR) is 62.5 cm³/mol. The van der Waals surface area contributed by atoms with E-state index in [4.69, 9.17) is 0 Å². The minimum atomic E-state index is -0.733. The Morgan fingerprint density at radius 1 is 1.50 bits per heavy atom. The number of pyridine rings is 1. The van der Waals surface area contributed by atoms with Crippen molar-refractivity contribution >= 4 is 0 Å². The maximum atomic E-state index is 11.8. The molecule has 0 bridgehead atoms. The molecule has 0 atom stereocenters. The summed E-state index contributed by atoms with van der Waals surface area (Å²) in [5, 5.41) is 13.5. The number of aryl methyl sites for hydroxylation is 1. The second-order valence-electron chi connectivity index (χ2n) is 4.60. The molecule has 4 heteroatoms. The van der Waals surface area contributed by atoms with Crippen molar-refractivity contribution in [2.75, 3.05) is 13.1 Å². The molecule has 16 heavy (non-hydrogen) atoms. The first-order valence-corrected chi connectivity index (χ1v) is 5.70. The predicted octanol–water partition coefficient (Wildman–Crippen LogP) is 0.271. The largest absolute Gasteiger partial charge is 0.388 e. The number of hydrogen-bond acceptors (Lipinski definition) is 3. The second-order valence-corrected chi connectivity index (χ2v) is 4.60. The van der Waals surface area contributed by atoms with Gasteiger partial charge in [-0.05, 0) is 38.9 Å². The van der Waals surface area contributed by atoms with Crippen LogP contribution in [0.4, 0.5) is 0 Å². The quantitative estimate of drug-likeness (QED) is 0.755. The van der Waals surface area contributed by atoms with Gasteiger partial charge in [0.25, 0.3) is 5.56 Å². The van der Waals surface area contributed by atoms with Crippen molar-refractivity contribution in [1.82, 2.24) is 9.88 Å². The third-order valence-electron chi connectivity index (χ3n) is 3.21. The summed E-state index contributed by atoms with van der Waals surface area (Å²) in [6.07, 6.45) is 3.15. The zero-order valence-corrected chi connectivity index (χ0v) is 9.57. The molecule has 0 unspecified atom stereocenters. The minimum absolute atomic E-state index is 0.00513. The molecule has 0 radical (unpaired) electrons. The Labute approximate surface area is 94.9 Å². The van der Waals surface area contributed by atoms with Gasteiger partial charge in [0.15, 0.2) is 0 Å². The molecule has 1 aliphatic rings. The van der Waals surface area contributed by atoms with Crippen LogP contribution >= 0.6 is 0 Å². The fourth-order valence-electron chi connectivity index (χ4n) is 2.15. The Balaban J connectivity index is 2.20. The van der Waals surface area contributed by atoms with Gasteiger partial charge < -0.3 is 15.0 Å². The number of nitrogens with zero attached hydrogens (tertiary/aromatic N) is 1. The van der Waals surface area contributed by atoms with Gasteiger partial charge in [-0.25, -0.2) is 0 Å². The lowest BCUT2D eigenvalue weighted by Crippen LogP contribution is -2.46. The highest BCUT2D eigenvalue weighted by atomic mass is 16.3. The van der Waals surface area contributed by atoms with Crippen LogP contribution in [-0.4, -0.2) is 28.4 Å². The Hall–Kier alpha value is -1.13. The lowest BCUT2D eigenvalue weighted by atomic mass is 9.92. The van der Waals surface area contributed by atoms with E-state index in [2.05, 4.69) is 5.32 Å². The molecule has 1 aromatic rings. The van der Waals surface area contributed by atoms with Gasteiger partial charge in [0.05, 0.1) is 12.1 Å². The molecule has 88 valence electrons. The molecule has 0 aliphatic carbocycles. The monoisotopic (exact) mass is 222 g/mol. The molecule has 0 saturated carbocycles. The van der Waals surface area contributed by atoms with Crippen molar-refractivity contribution in [3.8, 4) is 0 Å². The van der Waals surface area contributed by atoms with Crippen LogP contribution in [0, 0.1) is 6.92 Å². The number of hydrogen-bond donors (Lipinski definition) is 2. The SMILES string of the molecule is Cc1cccn(CC2(O)CCNCC2)c1=O. The molecule has 1 saturated heterocycles. The molecule has 2 heterocycles. The van der Waals surface area contributed by atoms with E-state index in [0.717, 1.165) is 18.7 Å². The summed E-state index contributed by atoms with van der Waals surface area (Å²) in [5.74, 6) is 0. The summed E-state index contributed by atoms with van der Waals surface area (Å²) in [6, 6.07) is 3.65. The Morgan fingerprint density at radius 3 is 2.88 bits per heavy atom. The van der Waals surface area contributed by atoms with E-state index in [1.54, 1.807) is 23.8 Å². The lowest BCUT2D eigenvalue weighted by molar-refractivity contribution is -0.00620.